The molecule has 0 amide bonds. The minimum Gasteiger partial charge on any atom is -0.343 e. The first-order chi connectivity index (χ1) is 9.24. The van der Waals surface area contributed by atoms with Gasteiger partial charge in [-0.05, 0) is 26.0 Å². The molecular formula is C16H16N2S. The van der Waals surface area contributed by atoms with Gasteiger partial charge in [-0.25, -0.2) is 4.98 Å². The average Bonchev–Trinajstić information content (AvgIpc) is 3.02. The van der Waals surface area contributed by atoms with Crippen LogP contribution in [0.15, 0.2) is 47.8 Å². The Kier molecular flexibility index (Phi) is 3.22. The highest BCUT2D eigenvalue weighted by molar-refractivity contribution is 7.13. The van der Waals surface area contributed by atoms with Gasteiger partial charge in [-0.2, -0.15) is 0 Å². The van der Waals surface area contributed by atoms with E-state index in [-0.39, 0.29) is 0 Å². The summed E-state index contributed by atoms with van der Waals surface area (Å²) in [5.74, 6) is 0. The molecule has 0 radical (unpaired) electrons. The molecule has 0 bridgehead atoms. The largest absolute Gasteiger partial charge is 0.343 e. The molecule has 2 nitrogen and oxygen atoms in total. The van der Waals surface area contributed by atoms with Gasteiger partial charge in [-0.15, -0.1) is 11.3 Å². The Hall–Kier alpha value is -1.87. The summed E-state index contributed by atoms with van der Waals surface area (Å²) >= 11 is 1.71. The molecule has 0 aliphatic heterocycles. The van der Waals surface area contributed by atoms with E-state index in [1.165, 1.54) is 17.0 Å². The first-order valence-electron chi connectivity index (χ1n) is 6.36. The Morgan fingerprint density at radius 2 is 1.68 bits per heavy atom. The summed E-state index contributed by atoms with van der Waals surface area (Å²) in [4.78, 5) is 4.74. The van der Waals surface area contributed by atoms with Gasteiger partial charge < -0.3 is 4.57 Å². The Balaban J connectivity index is 1.87. The Labute approximate surface area is 117 Å². The number of nitrogens with zero attached hydrogens (tertiary/aromatic N) is 2. The maximum Gasteiger partial charge on any atom is 0.123 e. The molecular weight excluding hydrogens is 252 g/mol. The lowest BCUT2D eigenvalue weighted by molar-refractivity contribution is 0.735. The molecule has 3 aromatic rings. The number of aryl methyl sites for hydroxylation is 2. The van der Waals surface area contributed by atoms with Gasteiger partial charge in [-0.3, -0.25) is 0 Å². The fourth-order valence-electron chi connectivity index (χ4n) is 2.20. The molecule has 0 saturated heterocycles. The minimum atomic E-state index is 0.855. The van der Waals surface area contributed by atoms with Gasteiger partial charge >= 0.3 is 0 Å². The van der Waals surface area contributed by atoms with E-state index in [4.69, 9.17) is 4.98 Å². The molecule has 0 aliphatic rings. The van der Waals surface area contributed by atoms with Crippen molar-refractivity contribution in [3.8, 4) is 10.6 Å². The van der Waals surface area contributed by atoms with E-state index >= 15 is 0 Å². The highest BCUT2D eigenvalue weighted by atomic mass is 32.1. The molecule has 3 rings (SSSR count). The SMILES string of the molecule is Cc1ccc(C)n1Cc1csc(-c2ccccc2)n1. The van der Waals surface area contributed by atoms with Crippen LogP contribution in [0.5, 0.6) is 0 Å². The highest BCUT2D eigenvalue weighted by Crippen LogP contribution is 2.24. The predicted octanol–water partition coefficient (Wildman–Crippen LogP) is 4.28. The molecule has 0 aliphatic carbocycles. The molecule has 0 atom stereocenters. The molecule has 0 spiro atoms. The van der Waals surface area contributed by atoms with E-state index in [9.17, 15) is 0 Å². The van der Waals surface area contributed by atoms with E-state index in [1.54, 1.807) is 11.3 Å². The summed E-state index contributed by atoms with van der Waals surface area (Å²) in [5.41, 5.74) is 4.89. The average molecular weight is 268 g/mol. The molecule has 19 heavy (non-hydrogen) atoms. The number of aromatic nitrogens is 2. The van der Waals surface area contributed by atoms with Crippen LogP contribution in [0.4, 0.5) is 0 Å². The molecule has 0 fully saturated rings. The minimum absolute atomic E-state index is 0.855. The standard InChI is InChI=1S/C16H16N2S/c1-12-8-9-13(2)18(12)10-15-11-19-16(17-15)14-6-4-3-5-7-14/h3-9,11H,10H2,1-2H3. The fourth-order valence-corrected chi connectivity index (χ4v) is 3.02. The van der Waals surface area contributed by atoms with Gasteiger partial charge in [0.15, 0.2) is 0 Å². The zero-order chi connectivity index (χ0) is 13.2. The van der Waals surface area contributed by atoms with Crippen LogP contribution >= 0.6 is 11.3 Å². The lowest BCUT2D eigenvalue weighted by Gasteiger charge is -2.06. The summed E-state index contributed by atoms with van der Waals surface area (Å²) in [5, 5.41) is 3.25. The van der Waals surface area contributed by atoms with Crippen molar-refractivity contribution in [3.63, 3.8) is 0 Å². The maximum atomic E-state index is 4.74. The van der Waals surface area contributed by atoms with Crippen molar-refractivity contribution in [3.05, 3.63) is 64.9 Å². The molecule has 3 heteroatoms. The van der Waals surface area contributed by atoms with E-state index in [2.05, 4.69) is 60.2 Å². The number of rotatable bonds is 3. The van der Waals surface area contributed by atoms with Crippen molar-refractivity contribution >= 4 is 11.3 Å². The summed E-state index contributed by atoms with van der Waals surface area (Å²) in [6, 6.07) is 14.7. The molecule has 2 heterocycles. The van der Waals surface area contributed by atoms with Crippen LogP contribution in [-0.2, 0) is 6.54 Å². The maximum absolute atomic E-state index is 4.74. The topological polar surface area (TPSA) is 17.8 Å². The summed E-state index contributed by atoms with van der Waals surface area (Å²) < 4.78 is 2.30. The monoisotopic (exact) mass is 268 g/mol. The van der Waals surface area contributed by atoms with E-state index in [0.717, 1.165) is 17.2 Å². The summed E-state index contributed by atoms with van der Waals surface area (Å²) in [7, 11) is 0. The van der Waals surface area contributed by atoms with Crippen molar-refractivity contribution in [1.82, 2.24) is 9.55 Å². The van der Waals surface area contributed by atoms with Gasteiger partial charge in [-0.1, -0.05) is 30.3 Å². The summed E-state index contributed by atoms with van der Waals surface area (Å²) in [6.07, 6.45) is 0. The van der Waals surface area contributed by atoms with E-state index < -0.39 is 0 Å². The zero-order valence-corrected chi connectivity index (χ0v) is 11.9. The van der Waals surface area contributed by atoms with Crippen molar-refractivity contribution in [2.75, 3.05) is 0 Å². The number of benzene rings is 1. The van der Waals surface area contributed by atoms with E-state index in [1.807, 2.05) is 6.07 Å². The van der Waals surface area contributed by atoms with Gasteiger partial charge in [0, 0.05) is 22.3 Å². The summed E-state index contributed by atoms with van der Waals surface area (Å²) in [6.45, 7) is 5.13. The Bertz CT molecular complexity index is 660. The zero-order valence-electron chi connectivity index (χ0n) is 11.1. The van der Waals surface area contributed by atoms with Crippen LogP contribution in [-0.4, -0.2) is 9.55 Å². The van der Waals surface area contributed by atoms with Crippen molar-refractivity contribution in [2.24, 2.45) is 0 Å². The van der Waals surface area contributed by atoms with Crippen molar-refractivity contribution in [2.45, 2.75) is 20.4 Å². The molecule has 0 saturated carbocycles. The number of hydrogen-bond acceptors (Lipinski definition) is 2. The smallest absolute Gasteiger partial charge is 0.123 e. The lowest BCUT2D eigenvalue weighted by Crippen LogP contribution is -2.03. The molecule has 0 N–H and O–H groups in total. The highest BCUT2D eigenvalue weighted by Gasteiger charge is 2.07. The third kappa shape index (κ3) is 2.47. The van der Waals surface area contributed by atoms with Gasteiger partial charge in [0.05, 0.1) is 12.2 Å². The van der Waals surface area contributed by atoms with Gasteiger partial charge in [0.2, 0.25) is 0 Å². The number of thiazole rings is 1. The molecule has 2 aromatic heterocycles. The second-order valence-corrected chi connectivity index (χ2v) is 5.57. The Morgan fingerprint density at radius 3 is 2.37 bits per heavy atom. The van der Waals surface area contributed by atoms with Crippen LogP contribution in [0.25, 0.3) is 10.6 Å². The molecule has 1 aromatic carbocycles. The molecule has 0 unspecified atom stereocenters. The molecule has 96 valence electrons. The second kappa shape index (κ2) is 5.02. The predicted molar refractivity (Wildman–Crippen MR) is 80.6 cm³/mol. The third-order valence-corrected chi connectivity index (χ3v) is 4.25. The third-order valence-electron chi connectivity index (χ3n) is 3.31. The first-order valence-corrected chi connectivity index (χ1v) is 7.24. The van der Waals surface area contributed by atoms with Crippen LogP contribution < -0.4 is 0 Å². The van der Waals surface area contributed by atoms with Gasteiger partial charge in [0.25, 0.3) is 0 Å². The first kappa shape index (κ1) is 12.2. The van der Waals surface area contributed by atoms with Crippen molar-refractivity contribution in [1.29, 1.82) is 0 Å². The van der Waals surface area contributed by atoms with Crippen molar-refractivity contribution < 1.29 is 0 Å². The van der Waals surface area contributed by atoms with Crippen LogP contribution in [0.2, 0.25) is 0 Å². The lowest BCUT2D eigenvalue weighted by atomic mass is 10.2. The van der Waals surface area contributed by atoms with Crippen LogP contribution in [0, 0.1) is 13.8 Å². The van der Waals surface area contributed by atoms with Crippen LogP contribution in [0.1, 0.15) is 17.1 Å². The van der Waals surface area contributed by atoms with E-state index in [0.29, 0.717) is 0 Å². The normalized spacial score (nSPS) is 10.8. The Morgan fingerprint density at radius 1 is 1.00 bits per heavy atom. The quantitative estimate of drug-likeness (QED) is 0.693. The second-order valence-electron chi connectivity index (χ2n) is 4.71. The van der Waals surface area contributed by atoms with Crippen LogP contribution in [0.3, 0.4) is 0 Å². The number of hydrogen-bond donors (Lipinski definition) is 0. The van der Waals surface area contributed by atoms with Gasteiger partial charge in [0.1, 0.15) is 5.01 Å². The fraction of sp³-hybridized carbons (Fsp3) is 0.188.